The van der Waals surface area contributed by atoms with Crippen LogP contribution >= 0.6 is 0 Å². The lowest BCUT2D eigenvalue weighted by molar-refractivity contribution is -0.106. The van der Waals surface area contributed by atoms with Crippen LogP contribution in [0.4, 0.5) is 16.3 Å². The first-order valence-corrected chi connectivity index (χ1v) is 9.16. The van der Waals surface area contributed by atoms with Gasteiger partial charge in [0.2, 0.25) is 12.3 Å². The van der Waals surface area contributed by atoms with Crippen LogP contribution in [0.5, 0.6) is 0 Å². The Bertz CT molecular complexity index is 899. The number of hydrogen-bond donors (Lipinski definition) is 0. The van der Waals surface area contributed by atoms with E-state index in [1.54, 1.807) is 39.8 Å². The third-order valence-electron chi connectivity index (χ3n) is 4.32. The molecular weight excluding hydrogens is 360 g/mol. The minimum Gasteiger partial charge on any atom is -0.444 e. The zero-order valence-corrected chi connectivity index (χ0v) is 16.5. The second-order valence-electron chi connectivity index (χ2n) is 7.56. The van der Waals surface area contributed by atoms with Crippen LogP contribution in [-0.2, 0) is 22.6 Å². The smallest absolute Gasteiger partial charge is 0.410 e. The van der Waals surface area contributed by atoms with Crippen molar-refractivity contribution in [3.05, 3.63) is 41.6 Å². The van der Waals surface area contributed by atoms with Gasteiger partial charge in [-0.25, -0.2) is 9.48 Å². The minimum atomic E-state index is -0.626. The predicted octanol–water partition coefficient (Wildman–Crippen LogP) is 3.48. The Hall–Kier alpha value is -3.16. The molecule has 1 aromatic carbocycles. The lowest BCUT2D eigenvalue weighted by Gasteiger charge is -2.24. The minimum absolute atomic E-state index is 0.199. The Morgan fingerprint density at radius 1 is 1.21 bits per heavy atom. The summed E-state index contributed by atoms with van der Waals surface area (Å²) in [6.45, 7) is 7.55. The molecule has 0 fully saturated rings. The molecule has 0 atom stereocenters. The van der Waals surface area contributed by atoms with Crippen LogP contribution in [0.1, 0.15) is 50.2 Å². The van der Waals surface area contributed by atoms with Crippen molar-refractivity contribution in [1.82, 2.24) is 14.7 Å². The molecular formula is C20H24N4O4. The second-order valence-corrected chi connectivity index (χ2v) is 7.56. The van der Waals surface area contributed by atoms with E-state index in [0.717, 1.165) is 0 Å². The van der Waals surface area contributed by atoms with Crippen LogP contribution in [0, 0.1) is 0 Å². The Morgan fingerprint density at radius 2 is 1.89 bits per heavy atom. The number of carbonyl (C=O) groups is 3. The number of aromatic nitrogens is 2. The molecule has 2 heterocycles. The first-order chi connectivity index (χ1) is 13.2. The van der Waals surface area contributed by atoms with Crippen LogP contribution in [0.15, 0.2) is 30.3 Å². The number of anilines is 2. The second kappa shape index (κ2) is 7.46. The van der Waals surface area contributed by atoms with Gasteiger partial charge in [0, 0.05) is 12.0 Å². The normalized spacial score (nSPS) is 13.2. The number of carbonyl (C=O) groups excluding carboxylic acids is 3. The van der Waals surface area contributed by atoms with Crippen molar-refractivity contribution in [2.24, 2.45) is 0 Å². The molecule has 0 saturated heterocycles. The van der Waals surface area contributed by atoms with Crippen molar-refractivity contribution < 1.29 is 19.1 Å². The molecule has 8 heteroatoms. The van der Waals surface area contributed by atoms with E-state index in [1.165, 1.54) is 14.5 Å². The van der Waals surface area contributed by atoms with Gasteiger partial charge in [-0.2, -0.15) is 0 Å². The number of fused-ring (bicyclic) bond motifs is 1. The lowest BCUT2D eigenvalue weighted by atomic mass is 10.2. The topological polar surface area (TPSA) is 84.7 Å². The number of benzene rings is 1. The Labute approximate surface area is 163 Å². The van der Waals surface area contributed by atoms with Crippen LogP contribution in [0.2, 0.25) is 0 Å². The summed E-state index contributed by atoms with van der Waals surface area (Å²) in [7, 11) is 0. The monoisotopic (exact) mass is 384 g/mol. The molecule has 1 aliphatic rings. The average molecular weight is 384 g/mol. The van der Waals surface area contributed by atoms with Crippen LogP contribution in [0.3, 0.4) is 0 Å². The van der Waals surface area contributed by atoms with E-state index < -0.39 is 11.7 Å². The summed E-state index contributed by atoms with van der Waals surface area (Å²) in [5.41, 5.74) is 1.28. The van der Waals surface area contributed by atoms with Crippen molar-refractivity contribution >= 4 is 29.9 Å². The van der Waals surface area contributed by atoms with Gasteiger partial charge >= 0.3 is 6.09 Å². The van der Waals surface area contributed by atoms with Crippen molar-refractivity contribution in [3.8, 4) is 0 Å². The van der Waals surface area contributed by atoms with Crippen LogP contribution in [-0.4, -0.2) is 38.7 Å². The van der Waals surface area contributed by atoms with E-state index in [0.29, 0.717) is 29.2 Å². The molecule has 0 unspecified atom stereocenters. The zero-order valence-electron chi connectivity index (χ0n) is 16.5. The summed E-state index contributed by atoms with van der Waals surface area (Å²) in [6.07, 6.45) is 0.448. The van der Waals surface area contributed by atoms with E-state index in [-0.39, 0.29) is 25.4 Å². The highest BCUT2D eigenvalue weighted by Gasteiger charge is 2.36. The third kappa shape index (κ3) is 3.76. The molecule has 0 spiro atoms. The molecule has 0 aliphatic carbocycles. The summed E-state index contributed by atoms with van der Waals surface area (Å²) in [4.78, 5) is 39.6. The molecule has 8 nitrogen and oxygen atoms in total. The van der Waals surface area contributed by atoms with Gasteiger partial charge in [-0.05, 0) is 32.9 Å². The van der Waals surface area contributed by atoms with Crippen molar-refractivity contribution in [2.45, 2.75) is 52.8 Å². The lowest BCUT2D eigenvalue weighted by Crippen LogP contribution is -2.34. The molecule has 2 aromatic rings. The molecule has 0 radical (unpaired) electrons. The Morgan fingerprint density at radius 3 is 2.46 bits per heavy atom. The maximum atomic E-state index is 12.5. The molecule has 0 bridgehead atoms. The molecule has 0 N–H and O–H groups in total. The van der Waals surface area contributed by atoms with Gasteiger partial charge in [0.25, 0.3) is 0 Å². The average Bonchev–Trinajstić information content (AvgIpc) is 3.22. The fraction of sp³-hybridized carbons (Fsp3) is 0.400. The summed E-state index contributed by atoms with van der Waals surface area (Å²) < 4.78 is 6.75. The van der Waals surface area contributed by atoms with Gasteiger partial charge in [-0.15, -0.1) is 5.10 Å². The Kier molecular flexibility index (Phi) is 5.22. The van der Waals surface area contributed by atoms with Crippen molar-refractivity contribution in [2.75, 3.05) is 4.90 Å². The molecule has 1 aromatic heterocycles. The highest BCUT2D eigenvalue weighted by atomic mass is 16.6. The summed E-state index contributed by atoms with van der Waals surface area (Å²) in [5, 5.41) is 4.40. The summed E-state index contributed by atoms with van der Waals surface area (Å²) >= 11 is 0. The van der Waals surface area contributed by atoms with Gasteiger partial charge in [0.05, 0.1) is 24.5 Å². The van der Waals surface area contributed by atoms with E-state index >= 15 is 0 Å². The van der Waals surface area contributed by atoms with Gasteiger partial charge in [0.1, 0.15) is 5.60 Å². The molecule has 28 heavy (non-hydrogen) atoms. The summed E-state index contributed by atoms with van der Waals surface area (Å²) in [6, 6.07) is 9.03. The largest absolute Gasteiger partial charge is 0.444 e. The van der Waals surface area contributed by atoms with E-state index in [2.05, 4.69) is 5.10 Å². The number of amides is 2. The van der Waals surface area contributed by atoms with E-state index in [1.807, 2.05) is 18.2 Å². The molecule has 0 saturated carbocycles. The highest BCUT2D eigenvalue weighted by molar-refractivity contribution is 5.88. The molecule has 2 amide bonds. The highest BCUT2D eigenvalue weighted by Crippen LogP contribution is 2.35. The van der Waals surface area contributed by atoms with E-state index in [4.69, 9.17) is 4.74 Å². The maximum absolute atomic E-state index is 12.5. The SMILES string of the molecule is CCC(=O)n1nc(N(C=O)c2ccccc2)c2c1CN(C(=O)OC(C)(C)C)C2. The maximum Gasteiger partial charge on any atom is 0.410 e. The number of nitrogens with zero attached hydrogens (tertiary/aromatic N) is 4. The molecule has 1 aliphatic heterocycles. The molecule has 148 valence electrons. The van der Waals surface area contributed by atoms with Gasteiger partial charge in [-0.1, -0.05) is 25.1 Å². The molecule has 3 rings (SSSR count). The van der Waals surface area contributed by atoms with Gasteiger partial charge in [0.15, 0.2) is 5.82 Å². The number of ether oxygens (including phenoxy) is 1. The number of para-hydroxylation sites is 1. The number of hydrogen-bond acceptors (Lipinski definition) is 5. The fourth-order valence-corrected chi connectivity index (χ4v) is 3.05. The predicted molar refractivity (Wildman–Crippen MR) is 103 cm³/mol. The van der Waals surface area contributed by atoms with E-state index in [9.17, 15) is 14.4 Å². The van der Waals surface area contributed by atoms with Crippen LogP contribution in [0.25, 0.3) is 0 Å². The third-order valence-corrected chi connectivity index (χ3v) is 4.32. The summed E-state index contributed by atoms with van der Waals surface area (Å²) in [5.74, 6) is 0.150. The van der Waals surface area contributed by atoms with Crippen molar-refractivity contribution in [3.63, 3.8) is 0 Å². The van der Waals surface area contributed by atoms with Gasteiger partial charge in [-0.3, -0.25) is 19.4 Å². The first kappa shape index (κ1) is 19.6. The van der Waals surface area contributed by atoms with Crippen LogP contribution < -0.4 is 4.90 Å². The zero-order chi connectivity index (χ0) is 20.5. The quantitative estimate of drug-likeness (QED) is 0.754. The van der Waals surface area contributed by atoms with Gasteiger partial charge < -0.3 is 4.74 Å². The van der Waals surface area contributed by atoms with Crippen molar-refractivity contribution in [1.29, 1.82) is 0 Å². The first-order valence-electron chi connectivity index (χ1n) is 9.16. The fourth-order valence-electron chi connectivity index (χ4n) is 3.05. The standard InChI is InChI=1S/C20H24N4O4/c1-5-17(26)24-16-12-22(19(27)28-20(2,3)4)11-15(16)18(21-24)23(13-25)14-9-7-6-8-10-14/h6-10,13H,5,11-12H2,1-4H3. The Balaban J connectivity index is 2.00. The number of rotatable bonds is 4.